The van der Waals surface area contributed by atoms with Gasteiger partial charge in [0.1, 0.15) is 0 Å². The van der Waals surface area contributed by atoms with E-state index < -0.39 is 0 Å². The molecule has 2 aromatic carbocycles. The van der Waals surface area contributed by atoms with Crippen LogP contribution in [0, 0.1) is 0 Å². The quantitative estimate of drug-likeness (QED) is 0.733. The molecule has 146 valence electrons. The minimum Gasteiger partial charge on any atom is -0.493 e. The van der Waals surface area contributed by atoms with E-state index in [9.17, 15) is 4.79 Å². The number of amides is 1. The van der Waals surface area contributed by atoms with E-state index in [2.05, 4.69) is 16.3 Å². The van der Waals surface area contributed by atoms with Crippen LogP contribution < -0.4 is 19.5 Å². The molecular formula is C21H28N2O4. The second-order valence-electron chi connectivity index (χ2n) is 6.49. The van der Waals surface area contributed by atoms with Crippen LogP contribution in [0.25, 0.3) is 0 Å². The number of hydrogen-bond donors (Lipinski definition) is 1. The monoisotopic (exact) mass is 372 g/mol. The van der Waals surface area contributed by atoms with E-state index in [0.717, 1.165) is 17.7 Å². The number of nitrogens with zero attached hydrogens (tertiary/aromatic N) is 1. The number of benzene rings is 2. The third kappa shape index (κ3) is 5.62. The lowest BCUT2D eigenvalue weighted by atomic mass is 10.1. The maximum atomic E-state index is 12.4. The van der Waals surface area contributed by atoms with Gasteiger partial charge >= 0.3 is 0 Å². The molecule has 0 bridgehead atoms. The lowest BCUT2D eigenvalue weighted by molar-refractivity contribution is -0.120. The first-order valence-electron chi connectivity index (χ1n) is 8.75. The van der Waals surface area contributed by atoms with Crippen LogP contribution in [0.15, 0.2) is 36.4 Å². The molecule has 0 saturated carbocycles. The number of rotatable bonds is 9. The van der Waals surface area contributed by atoms with Gasteiger partial charge in [-0.2, -0.15) is 0 Å². The number of carbonyl (C=O) groups is 1. The standard InChI is InChI=1S/C21H28N2O4/c1-23(2)14-17-9-7-6-8-16(17)13-22-20(24)12-15-10-18(25-3)21(27-5)19(11-15)26-4/h6-11H,12-14H2,1-5H3,(H,22,24). The van der Waals surface area contributed by atoms with Crippen molar-refractivity contribution in [3.05, 3.63) is 53.1 Å². The fraction of sp³-hybridized carbons (Fsp3) is 0.381. The van der Waals surface area contributed by atoms with Crippen LogP contribution in [-0.4, -0.2) is 46.2 Å². The average molecular weight is 372 g/mol. The molecule has 0 atom stereocenters. The predicted octanol–water partition coefficient (Wildman–Crippen LogP) is 2.63. The second kappa shape index (κ2) is 9.83. The normalized spacial score (nSPS) is 10.6. The fourth-order valence-electron chi connectivity index (χ4n) is 2.90. The molecule has 6 nitrogen and oxygen atoms in total. The molecule has 0 saturated heterocycles. The van der Waals surface area contributed by atoms with Gasteiger partial charge in [-0.3, -0.25) is 4.79 Å². The van der Waals surface area contributed by atoms with Crippen LogP contribution >= 0.6 is 0 Å². The van der Waals surface area contributed by atoms with Crippen molar-refractivity contribution in [1.82, 2.24) is 10.2 Å². The molecule has 1 amide bonds. The van der Waals surface area contributed by atoms with E-state index in [-0.39, 0.29) is 12.3 Å². The first kappa shape index (κ1) is 20.6. The number of nitrogens with one attached hydrogen (secondary N) is 1. The van der Waals surface area contributed by atoms with Gasteiger partial charge in [0.05, 0.1) is 27.8 Å². The van der Waals surface area contributed by atoms with Crippen molar-refractivity contribution in [3.8, 4) is 17.2 Å². The topological polar surface area (TPSA) is 60.0 Å². The van der Waals surface area contributed by atoms with Crippen LogP contribution in [0.2, 0.25) is 0 Å². The Morgan fingerprint density at radius 1 is 0.963 bits per heavy atom. The van der Waals surface area contributed by atoms with Crippen molar-refractivity contribution in [2.45, 2.75) is 19.5 Å². The average Bonchev–Trinajstić information content (AvgIpc) is 2.66. The molecule has 0 fully saturated rings. The SMILES string of the molecule is COc1cc(CC(=O)NCc2ccccc2CN(C)C)cc(OC)c1OC. The zero-order valence-electron chi connectivity index (χ0n) is 16.7. The van der Waals surface area contributed by atoms with Crippen molar-refractivity contribution >= 4 is 5.91 Å². The number of carbonyl (C=O) groups excluding carboxylic acids is 1. The van der Waals surface area contributed by atoms with Crippen molar-refractivity contribution in [2.75, 3.05) is 35.4 Å². The number of ether oxygens (including phenoxy) is 3. The summed E-state index contributed by atoms with van der Waals surface area (Å²) in [6.45, 7) is 1.33. The third-order valence-corrected chi connectivity index (χ3v) is 4.17. The van der Waals surface area contributed by atoms with E-state index in [1.54, 1.807) is 33.5 Å². The third-order valence-electron chi connectivity index (χ3n) is 4.17. The van der Waals surface area contributed by atoms with Gasteiger partial charge in [-0.15, -0.1) is 0 Å². The molecule has 0 heterocycles. The molecular weight excluding hydrogens is 344 g/mol. The summed E-state index contributed by atoms with van der Waals surface area (Å²) in [4.78, 5) is 14.5. The Bertz CT molecular complexity index is 750. The molecule has 0 aliphatic carbocycles. The van der Waals surface area contributed by atoms with Gasteiger partial charge < -0.3 is 24.4 Å². The van der Waals surface area contributed by atoms with Crippen LogP contribution in [0.3, 0.4) is 0 Å². The number of hydrogen-bond acceptors (Lipinski definition) is 5. The van der Waals surface area contributed by atoms with Gasteiger partial charge in [0.15, 0.2) is 11.5 Å². The highest BCUT2D eigenvalue weighted by Gasteiger charge is 2.15. The minimum atomic E-state index is -0.0658. The van der Waals surface area contributed by atoms with Crippen molar-refractivity contribution in [2.24, 2.45) is 0 Å². The summed E-state index contributed by atoms with van der Waals surface area (Å²) in [6, 6.07) is 11.7. The van der Waals surface area contributed by atoms with E-state index in [4.69, 9.17) is 14.2 Å². The highest BCUT2D eigenvalue weighted by molar-refractivity contribution is 5.79. The van der Waals surface area contributed by atoms with Crippen LogP contribution in [0.1, 0.15) is 16.7 Å². The van der Waals surface area contributed by atoms with Gasteiger partial charge in [-0.1, -0.05) is 24.3 Å². The maximum absolute atomic E-state index is 12.4. The Labute approximate surface area is 161 Å². The molecule has 2 aromatic rings. The molecule has 0 aromatic heterocycles. The molecule has 0 radical (unpaired) electrons. The molecule has 0 spiro atoms. The van der Waals surface area contributed by atoms with E-state index in [1.807, 2.05) is 32.3 Å². The van der Waals surface area contributed by atoms with Crippen LogP contribution in [-0.2, 0) is 24.3 Å². The van der Waals surface area contributed by atoms with Crippen molar-refractivity contribution in [3.63, 3.8) is 0 Å². The minimum absolute atomic E-state index is 0.0658. The lowest BCUT2D eigenvalue weighted by Gasteiger charge is -2.15. The maximum Gasteiger partial charge on any atom is 0.224 e. The molecule has 6 heteroatoms. The molecule has 0 unspecified atom stereocenters. The summed E-state index contributed by atoms with van der Waals surface area (Å²) in [5.41, 5.74) is 3.11. The molecule has 0 aliphatic heterocycles. The Morgan fingerprint density at radius 2 is 1.56 bits per heavy atom. The summed E-state index contributed by atoms with van der Waals surface area (Å²) in [5.74, 6) is 1.53. The fourth-order valence-corrected chi connectivity index (χ4v) is 2.90. The van der Waals surface area contributed by atoms with Gasteiger partial charge in [-0.05, 0) is 42.9 Å². The molecule has 27 heavy (non-hydrogen) atoms. The zero-order chi connectivity index (χ0) is 19.8. The van der Waals surface area contributed by atoms with E-state index in [0.29, 0.717) is 23.8 Å². The molecule has 2 rings (SSSR count). The summed E-state index contributed by atoms with van der Waals surface area (Å²) in [7, 11) is 8.73. The highest BCUT2D eigenvalue weighted by atomic mass is 16.5. The first-order valence-corrected chi connectivity index (χ1v) is 8.75. The largest absolute Gasteiger partial charge is 0.493 e. The summed E-state index contributed by atoms with van der Waals surface area (Å²) in [5, 5.41) is 2.99. The van der Waals surface area contributed by atoms with Crippen molar-refractivity contribution in [1.29, 1.82) is 0 Å². The van der Waals surface area contributed by atoms with Crippen LogP contribution in [0.4, 0.5) is 0 Å². The lowest BCUT2D eigenvalue weighted by Crippen LogP contribution is -2.25. The Hall–Kier alpha value is -2.73. The number of methoxy groups -OCH3 is 3. The van der Waals surface area contributed by atoms with Crippen LogP contribution in [0.5, 0.6) is 17.2 Å². The van der Waals surface area contributed by atoms with Gasteiger partial charge in [-0.25, -0.2) is 0 Å². The Morgan fingerprint density at radius 3 is 2.07 bits per heavy atom. The Balaban J connectivity index is 2.06. The summed E-state index contributed by atoms with van der Waals surface area (Å²) < 4.78 is 16.0. The smallest absolute Gasteiger partial charge is 0.224 e. The van der Waals surface area contributed by atoms with Gasteiger partial charge in [0, 0.05) is 13.1 Å². The van der Waals surface area contributed by atoms with Crippen molar-refractivity contribution < 1.29 is 19.0 Å². The Kier molecular flexibility index (Phi) is 7.49. The van der Waals surface area contributed by atoms with Gasteiger partial charge in [0.25, 0.3) is 0 Å². The van der Waals surface area contributed by atoms with Gasteiger partial charge in [0.2, 0.25) is 11.7 Å². The predicted molar refractivity (Wildman–Crippen MR) is 105 cm³/mol. The van der Waals surface area contributed by atoms with E-state index in [1.165, 1.54) is 5.56 Å². The summed E-state index contributed by atoms with van der Waals surface area (Å²) >= 11 is 0. The zero-order valence-corrected chi connectivity index (χ0v) is 16.7. The molecule has 1 N–H and O–H groups in total. The second-order valence-corrected chi connectivity index (χ2v) is 6.49. The highest BCUT2D eigenvalue weighted by Crippen LogP contribution is 2.38. The van der Waals surface area contributed by atoms with E-state index >= 15 is 0 Å². The summed E-state index contributed by atoms with van der Waals surface area (Å²) in [6.07, 6.45) is 0.229. The molecule has 0 aliphatic rings. The first-order chi connectivity index (χ1) is 13.0.